The maximum absolute atomic E-state index is 12.3. The van der Waals surface area contributed by atoms with Gasteiger partial charge in [-0.25, -0.2) is 4.79 Å². The fourth-order valence-corrected chi connectivity index (χ4v) is 11.7. The first-order valence-corrected chi connectivity index (χ1v) is 35.9. The Morgan fingerprint density at radius 3 is 0.577 bits per heavy atom. The van der Waals surface area contributed by atoms with Gasteiger partial charge in [0.1, 0.15) is 0 Å². The Morgan fingerprint density at radius 1 is 0.256 bits per heavy atom. The highest BCUT2D eigenvalue weighted by Gasteiger charge is 2.19. The molecule has 78 heavy (non-hydrogen) atoms. The van der Waals surface area contributed by atoms with E-state index in [1.807, 2.05) is 0 Å². The lowest BCUT2D eigenvalue weighted by Gasteiger charge is -2.18. The van der Waals surface area contributed by atoms with Crippen LogP contribution in [0.25, 0.3) is 0 Å². The second-order valence-electron chi connectivity index (χ2n) is 24.8. The molecule has 0 fully saturated rings. The molecule has 460 valence electrons. The predicted octanol–water partition coefficient (Wildman–Crippen LogP) is 26.0. The molecule has 0 aromatic heterocycles. The molecule has 1 N–H and O–H groups in total. The third-order valence-corrected chi connectivity index (χ3v) is 17.0. The van der Waals surface area contributed by atoms with E-state index in [0.717, 1.165) is 38.5 Å². The van der Waals surface area contributed by atoms with Gasteiger partial charge in [-0.3, -0.25) is 0 Å². The van der Waals surface area contributed by atoms with E-state index in [1.54, 1.807) is 12.1 Å². The van der Waals surface area contributed by atoms with Crippen molar-refractivity contribution in [3.8, 4) is 17.2 Å². The molecule has 0 heterocycles. The van der Waals surface area contributed by atoms with Gasteiger partial charge in [-0.15, -0.1) is 0 Å². The van der Waals surface area contributed by atoms with Crippen LogP contribution in [0.3, 0.4) is 0 Å². The van der Waals surface area contributed by atoms with Crippen molar-refractivity contribution in [2.24, 2.45) is 0 Å². The molecule has 0 unspecified atom stereocenters. The zero-order chi connectivity index (χ0) is 56.0. The molecule has 0 bridgehead atoms. The fourth-order valence-electron chi connectivity index (χ4n) is 11.7. The lowest BCUT2D eigenvalue weighted by molar-refractivity contribution is 0.0695. The normalized spacial score (nSPS) is 11.5. The molecule has 0 aliphatic rings. The van der Waals surface area contributed by atoms with E-state index in [9.17, 15) is 9.90 Å². The second-order valence-corrected chi connectivity index (χ2v) is 24.8. The van der Waals surface area contributed by atoms with Crippen LogP contribution in [0.4, 0.5) is 0 Å². The van der Waals surface area contributed by atoms with Gasteiger partial charge in [0.15, 0.2) is 11.5 Å². The minimum Gasteiger partial charge on any atom is -0.490 e. The average Bonchev–Trinajstić information content (AvgIpc) is 3.44. The summed E-state index contributed by atoms with van der Waals surface area (Å²) in [5, 5.41) is 10.1. The van der Waals surface area contributed by atoms with Crippen LogP contribution in [0.15, 0.2) is 12.1 Å². The van der Waals surface area contributed by atoms with Crippen LogP contribution in [0.1, 0.15) is 416 Å². The Morgan fingerprint density at radius 2 is 0.410 bits per heavy atom. The molecule has 0 spiro atoms. The molecule has 1 aromatic carbocycles. The van der Waals surface area contributed by atoms with E-state index in [1.165, 1.54) is 347 Å². The van der Waals surface area contributed by atoms with Crippen molar-refractivity contribution in [1.29, 1.82) is 0 Å². The van der Waals surface area contributed by atoms with Crippen LogP contribution in [0, 0.1) is 0 Å². The smallest absolute Gasteiger partial charge is 0.335 e. The number of rotatable bonds is 67. The first-order valence-electron chi connectivity index (χ1n) is 35.9. The van der Waals surface area contributed by atoms with Crippen molar-refractivity contribution < 1.29 is 24.1 Å². The number of hydrogen-bond donors (Lipinski definition) is 1. The lowest BCUT2D eigenvalue weighted by atomic mass is 10.0. The van der Waals surface area contributed by atoms with Crippen molar-refractivity contribution in [1.82, 2.24) is 0 Å². The van der Waals surface area contributed by atoms with Gasteiger partial charge in [0.25, 0.3) is 0 Å². The van der Waals surface area contributed by atoms with Crippen LogP contribution in [0.2, 0.25) is 0 Å². The van der Waals surface area contributed by atoms with Crippen LogP contribution in [-0.4, -0.2) is 30.9 Å². The molecular weight excluding hydrogens is 957 g/mol. The van der Waals surface area contributed by atoms with Crippen molar-refractivity contribution >= 4 is 5.97 Å². The highest BCUT2D eigenvalue weighted by Crippen LogP contribution is 2.40. The zero-order valence-electron chi connectivity index (χ0n) is 53.3. The first-order chi connectivity index (χ1) is 38.6. The summed E-state index contributed by atoms with van der Waals surface area (Å²) in [7, 11) is 0. The number of aromatic carboxylic acids is 1. The molecule has 0 amide bonds. The van der Waals surface area contributed by atoms with Gasteiger partial charge in [-0.2, -0.15) is 0 Å². The summed E-state index contributed by atoms with van der Waals surface area (Å²) in [5.74, 6) is 0.695. The number of carboxylic acids is 1. The SMILES string of the molecule is CCCCCCCCCCCCCCCCCCCCCCOc1cc(C(=O)O)cc(OCCCCCCCCCCCCCCCCCCCCCC)c1OCCCCCCCCCCCCCCCCCCCCCC. The monoisotopic (exact) mass is 1100 g/mol. The van der Waals surface area contributed by atoms with Gasteiger partial charge in [0.05, 0.1) is 25.4 Å². The molecule has 1 rings (SSSR count). The largest absolute Gasteiger partial charge is 0.490 e. The second kappa shape index (κ2) is 62.7. The Hall–Kier alpha value is -1.91. The summed E-state index contributed by atoms with van der Waals surface area (Å²) in [5.41, 5.74) is 0.207. The van der Waals surface area contributed by atoms with Gasteiger partial charge in [0.2, 0.25) is 5.75 Å². The number of benzene rings is 1. The minimum absolute atomic E-state index is 0.207. The number of unbranched alkanes of at least 4 members (excludes halogenated alkanes) is 57. The maximum atomic E-state index is 12.3. The number of carbonyl (C=O) groups is 1. The van der Waals surface area contributed by atoms with E-state index in [4.69, 9.17) is 14.2 Å². The number of ether oxygens (including phenoxy) is 3. The van der Waals surface area contributed by atoms with Gasteiger partial charge >= 0.3 is 5.97 Å². The molecule has 0 radical (unpaired) electrons. The average molecular weight is 1100 g/mol. The molecule has 0 atom stereocenters. The molecule has 0 aliphatic heterocycles. The van der Waals surface area contributed by atoms with Gasteiger partial charge in [-0.05, 0) is 31.4 Å². The van der Waals surface area contributed by atoms with Crippen LogP contribution < -0.4 is 14.2 Å². The lowest BCUT2D eigenvalue weighted by Crippen LogP contribution is -2.08. The predicted molar refractivity (Wildman–Crippen MR) is 344 cm³/mol. The minimum atomic E-state index is -0.956. The fraction of sp³-hybridized carbons (Fsp3) is 0.904. The van der Waals surface area contributed by atoms with E-state index in [0.29, 0.717) is 37.1 Å². The molecule has 0 saturated heterocycles. The third-order valence-electron chi connectivity index (χ3n) is 17.0. The summed E-state index contributed by atoms with van der Waals surface area (Å²) in [4.78, 5) is 12.3. The summed E-state index contributed by atoms with van der Waals surface area (Å²) in [6, 6.07) is 3.33. The van der Waals surface area contributed by atoms with E-state index in [-0.39, 0.29) is 5.56 Å². The third kappa shape index (κ3) is 52.2. The van der Waals surface area contributed by atoms with Crippen molar-refractivity contribution in [2.75, 3.05) is 19.8 Å². The summed E-state index contributed by atoms with van der Waals surface area (Å²) in [6.07, 6.45) is 81.7. The number of carboxylic acid groups (broad SMARTS) is 1. The van der Waals surface area contributed by atoms with Gasteiger partial charge in [0, 0.05) is 0 Å². The Labute approximate surface area is 488 Å². The topological polar surface area (TPSA) is 65.0 Å². The molecule has 5 nitrogen and oxygen atoms in total. The van der Waals surface area contributed by atoms with E-state index < -0.39 is 5.97 Å². The standard InChI is InChI=1S/C73H138O5/c1-4-7-10-13-16-19-22-25-28-31-34-37-40-43-46-49-52-55-58-61-64-76-70-67-69(73(74)75)68-71(77-65-62-59-56-53-50-47-44-41-38-35-32-29-26-23-20-17-14-11-8-5-2)72(70)78-66-63-60-57-54-51-48-45-42-39-36-33-30-27-24-21-18-15-12-9-6-3/h67-68H,4-66H2,1-3H3,(H,74,75). The Balaban J connectivity index is 2.40. The Bertz CT molecular complexity index is 1260. The Kier molecular flexibility index (Phi) is 59.6. The van der Waals surface area contributed by atoms with Gasteiger partial charge < -0.3 is 19.3 Å². The molecule has 0 saturated carbocycles. The zero-order valence-corrected chi connectivity index (χ0v) is 53.3. The van der Waals surface area contributed by atoms with Crippen molar-refractivity contribution in [3.63, 3.8) is 0 Å². The molecule has 0 aliphatic carbocycles. The van der Waals surface area contributed by atoms with Crippen LogP contribution in [-0.2, 0) is 0 Å². The van der Waals surface area contributed by atoms with Gasteiger partial charge in [-0.1, -0.05) is 387 Å². The maximum Gasteiger partial charge on any atom is 0.335 e. The summed E-state index contributed by atoms with van der Waals surface area (Å²) < 4.78 is 19.3. The highest BCUT2D eigenvalue weighted by atomic mass is 16.5. The first kappa shape index (κ1) is 74.1. The van der Waals surface area contributed by atoms with Crippen LogP contribution in [0.5, 0.6) is 17.2 Å². The van der Waals surface area contributed by atoms with Crippen molar-refractivity contribution in [3.05, 3.63) is 17.7 Å². The summed E-state index contributed by atoms with van der Waals surface area (Å²) >= 11 is 0. The number of hydrogen-bond acceptors (Lipinski definition) is 4. The van der Waals surface area contributed by atoms with E-state index in [2.05, 4.69) is 20.8 Å². The van der Waals surface area contributed by atoms with Crippen molar-refractivity contribution in [2.45, 2.75) is 406 Å². The quantitative estimate of drug-likeness (QED) is 0.0659. The van der Waals surface area contributed by atoms with E-state index >= 15 is 0 Å². The summed E-state index contributed by atoms with van der Waals surface area (Å²) in [6.45, 7) is 8.63. The highest BCUT2D eigenvalue weighted by molar-refractivity contribution is 5.89. The molecule has 5 heteroatoms. The van der Waals surface area contributed by atoms with Crippen LogP contribution >= 0.6 is 0 Å². The molecule has 1 aromatic rings. The molecular formula is C73H138O5.